The number of nitrogens with zero attached hydrogens (tertiary/aromatic N) is 7. The summed E-state index contributed by atoms with van der Waals surface area (Å²) in [6.07, 6.45) is 0. The van der Waals surface area contributed by atoms with Gasteiger partial charge in [0.2, 0.25) is 0 Å². The Morgan fingerprint density at radius 1 is 0.210 bits per heavy atom. The van der Waals surface area contributed by atoms with Gasteiger partial charge in [-0.05, 0) is 215 Å². The first-order valence-corrected chi connectivity index (χ1v) is 44.5. The van der Waals surface area contributed by atoms with Crippen molar-refractivity contribution < 1.29 is 88.5 Å². The molecule has 0 atom stereocenters. The number of fused-ring (bicyclic) bond motifs is 16. The second-order valence-electron chi connectivity index (χ2n) is 33.5. The molecule has 0 fully saturated rings. The van der Waals surface area contributed by atoms with E-state index in [1.54, 1.807) is 60.7 Å². The van der Waals surface area contributed by atoms with E-state index in [1.165, 1.54) is 24.3 Å². The van der Waals surface area contributed by atoms with Gasteiger partial charge in [-0.25, -0.2) is 79.0 Å². The first-order chi connectivity index (χ1) is 66.9. The van der Waals surface area contributed by atoms with Crippen molar-refractivity contribution in [2.45, 2.75) is 0 Å². The Balaban J connectivity index is 0.817. The number of halogens is 18. The summed E-state index contributed by atoms with van der Waals surface area (Å²) in [6.45, 7) is -4.21. The average Bonchev–Trinajstić information content (AvgIpc) is 1.67. The van der Waals surface area contributed by atoms with Gasteiger partial charge in [-0.15, -0.1) is 22.7 Å². The summed E-state index contributed by atoms with van der Waals surface area (Å²) in [7, 11) is 0. The fourth-order valence-electron chi connectivity index (χ4n) is 20.6. The summed E-state index contributed by atoms with van der Waals surface area (Å²) >= 11 is 2.03. The maximum atomic E-state index is 18.3. The van der Waals surface area contributed by atoms with Crippen LogP contribution in [0, 0.1) is 105 Å². The third kappa shape index (κ3) is 12.4. The van der Waals surface area contributed by atoms with Crippen LogP contribution in [0.5, 0.6) is 23.0 Å². The van der Waals surface area contributed by atoms with E-state index in [-0.39, 0.29) is 136 Å². The van der Waals surface area contributed by atoms with Crippen LogP contribution in [0.25, 0.3) is 20.2 Å². The molecule has 6 aliphatic heterocycles. The van der Waals surface area contributed by atoms with Gasteiger partial charge in [0.15, 0.2) is 0 Å². The average molecular weight is 1890 g/mol. The Bertz CT molecular complexity index is 7810. The lowest BCUT2D eigenvalue weighted by Crippen LogP contribution is -2.65. The lowest BCUT2D eigenvalue weighted by molar-refractivity contribution is 0.465. The molecule has 0 N–H and O–H groups in total. The molecule has 19 aromatic rings. The van der Waals surface area contributed by atoms with Crippen molar-refractivity contribution in [2.24, 2.45) is 0 Å². The standard InChI is InChI=1S/C106H50B3F18N7O2S2/c110-51-35-37-90-58(39-51)95-105(137-90)108-60-47-62-86(49-80(60)131(101-72(120)27-11-28-73(101)121)82-41-55(43-84(92(82)108)133(95)103-76(124)31-13-32-77(103)125)129(97-64(112)19-7-20-65(97)113)98-66(114)21-8-22-67(98)115)135-88-45-57(128(53-15-3-1-4-16-53)54-17-5-2-6-18-54)46-89-94(88)107(62)63-48-61-81(50-87(63)136-89)132(102-74(122)29-12-30-75(102)123)83-42-56(130(99-68(116)23-9-24-69(99)117)100-70(118)25-10-26-71(100)119)44-85-93(83)109(61)106-96(59-40-52(111)36-38-91(59)138-106)134(85)104-78(126)33-14-34-79(104)127/h1-50H. The number of ether oxygens (including phenoxy) is 2. The van der Waals surface area contributed by atoms with Gasteiger partial charge in [-0.1, -0.05) is 97.1 Å². The molecule has 32 heteroatoms. The van der Waals surface area contributed by atoms with Gasteiger partial charge >= 0.3 is 0 Å². The number of anilines is 21. The SMILES string of the molecule is Fc1ccc2sc3c(c2c1)N(c1c(F)cccc1F)c1cc(N(c2c(F)cccc2F)c2c(F)cccc2F)cc2c1B3c1cc3c(cc1N2c1c(F)cccc1F)Oc1cc(N(c2ccccc2)c2ccccc2)cc2c1B3c1cc3c(cc1O2)N(c1c(F)cccc1F)c1cc(N(c2c(F)cccc2F)c2c(F)cccc2F)cc2c1B3c1sc3ccc(F)cc3c1N2c1c(F)cccc1F. The smallest absolute Gasteiger partial charge is 0.264 e. The van der Waals surface area contributed by atoms with E-state index in [0.29, 0.717) is 26.9 Å². The van der Waals surface area contributed by atoms with E-state index in [4.69, 9.17) is 9.47 Å². The van der Waals surface area contributed by atoms with Gasteiger partial charge in [0.1, 0.15) is 173 Å². The van der Waals surface area contributed by atoms with Crippen LogP contribution in [0.2, 0.25) is 0 Å². The molecule has 138 heavy (non-hydrogen) atoms. The van der Waals surface area contributed by atoms with Crippen LogP contribution in [0.1, 0.15) is 0 Å². The zero-order valence-electron chi connectivity index (χ0n) is 70.2. The predicted molar refractivity (Wildman–Crippen MR) is 506 cm³/mol. The highest BCUT2D eigenvalue weighted by Gasteiger charge is 2.54. The molecular weight excluding hydrogens is 1840 g/mol. The normalized spacial score (nSPS) is 13.2. The lowest BCUT2D eigenvalue weighted by atomic mass is 9.31. The van der Waals surface area contributed by atoms with E-state index in [2.05, 4.69) is 0 Å². The fourth-order valence-corrected chi connectivity index (χ4v) is 23.2. The molecule has 6 aliphatic rings. The summed E-state index contributed by atoms with van der Waals surface area (Å²) in [6, 6.07) is 61.6. The van der Waals surface area contributed by atoms with Crippen molar-refractivity contribution in [1.29, 1.82) is 0 Å². The van der Waals surface area contributed by atoms with Gasteiger partial charge in [-0.3, -0.25) is 9.80 Å². The quantitative estimate of drug-likeness (QED) is 0.0829. The Labute approximate surface area is 779 Å². The summed E-state index contributed by atoms with van der Waals surface area (Å²) in [5.74, 6) is -23.3. The highest BCUT2D eigenvalue weighted by Crippen LogP contribution is 2.58. The maximum Gasteiger partial charge on any atom is 0.264 e. The van der Waals surface area contributed by atoms with Crippen molar-refractivity contribution >= 4 is 230 Å². The second-order valence-corrected chi connectivity index (χ2v) is 35.7. The largest absolute Gasteiger partial charge is 0.458 e. The molecule has 17 aromatic carbocycles. The molecule has 668 valence electrons. The van der Waals surface area contributed by atoms with Crippen LogP contribution in [0.3, 0.4) is 0 Å². The molecule has 0 spiro atoms. The Hall–Kier alpha value is -16.2. The van der Waals surface area contributed by atoms with Crippen molar-refractivity contribution in [3.8, 4) is 23.0 Å². The third-order valence-electron chi connectivity index (χ3n) is 26.0. The van der Waals surface area contributed by atoms with E-state index in [1.807, 2.05) is 29.2 Å². The van der Waals surface area contributed by atoms with Crippen LogP contribution < -0.4 is 91.6 Å². The van der Waals surface area contributed by atoms with Crippen LogP contribution in [-0.4, -0.2) is 20.1 Å². The molecular formula is C106H50B3F18N7O2S2. The number of thiophene rings is 2. The van der Waals surface area contributed by atoms with Crippen LogP contribution in [-0.2, 0) is 0 Å². The van der Waals surface area contributed by atoms with Gasteiger partial charge < -0.3 is 34.0 Å². The minimum Gasteiger partial charge on any atom is -0.458 e. The summed E-state index contributed by atoms with van der Waals surface area (Å²) < 4.78 is 332. The van der Waals surface area contributed by atoms with Crippen LogP contribution >= 0.6 is 22.7 Å². The van der Waals surface area contributed by atoms with Crippen molar-refractivity contribution in [1.82, 2.24) is 0 Å². The first-order valence-electron chi connectivity index (χ1n) is 42.9. The molecule has 0 saturated heterocycles. The fraction of sp³-hybridized carbons (Fsp3) is 0. The molecule has 0 radical (unpaired) electrons. The van der Waals surface area contributed by atoms with E-state index in [9.17, 15) is 0 Å². The molecule has 0 aliphatic carbocycles. The number of hydrogen-bond acceptors (Lipinski definition) is 11. The number of rotatable bonds is 13. The molecule has 0 bridgehead atoms. The minimum absolute atomic E-state index is 0.00718. The zero-order valence-corrected chi connectivity index (χ0v) is 71.8. The predicted octanol–water partition coefficient (Wildman–Crippen LogP) is 25.9. The number of benzene rings is 17. The number of para-hydroxylation sites is 10. The summed E-state index contributed by atoms with van der Waals surface area (Å²) in [4.78, 5) is 7.25. The van der Waals surface area contributed by atoms with Gasteiger partial charge in [-0.2, -0.15) is 0 Å². The Morgan fingerprint density at radius 2 is 0.493 bits per heavy atom. The summed E-state index contributed by atoms with van der Waals surface area (Å²) in [5.41, 5.74) is -9.13. The molecule has 0 unspecified atom stereocenters. The molecule has 9 nitrogen and oxygen atoms in total. The molecule has 2 aromatic heterocycles. The highest BCUT2D eigenvalue weighted by atomic mass is 32.1. The van der Waals surface area contributed by atoms with Crippen molar-refractivity contribution in [3.63, 3.8) is 0 Å². The summed E-state index contributed by atoms with van der Waals surface area (Å²) in [5, 5.41) is 0.0144. The van der Waals surface area contributed by atoms with Gasteiger partial charge in [0.25, 0.3) is 20.1 Å². The lowest BCUT2D eigenvalue weighted by Gasteiger charge is -2.45. The highest BCUT2D eigenvalue weighted by molar-refractivity contribution is 7.34. The van der Waals surface area contributed by atoms with Gasteiger partial charge in [0, 0.05) is 105 Å². The van der Waals surface area contributed by atoms with E-state index < -0.39 is 182 Å². The Kier molecular flexibility index (Phi) is 18.9. The minimum atomic E-state index is -1.44. The van der Waals surface area contributed by atoms with Crippen molar-refractivity contribution in [2.75, 3.05) is 34.3 Å². The third-order valence-corrected chi connectivity index (χ3v) is 28.5. The maximum absolute atomic E-state index is 18.3. The number of hydrogen-bond donors (Lipinski definition) is 0. The first kappa shape index (κ1) is 83.6. The molecule has 8 heterocycles. The van der Waals surface area contributed by atoms with E-state index in [0.717, 1.165) is 236 Å². The van der Waals surface area contributed by atoms with E-state index >= 15 is 79.0 Å². The second kappa shape index (κ2) is 31.2. The molecule has 25 rings (SSSR count). The molecule has 0 amide bonds. The molecule has 0 saturated carbocycles. The Morgan fingerprint density at radius 3 is 0.804 bits per heavy atom. The van der Waals surface area contributed by atoms with Crippen LogP contribution in [0.15, 0.2) is 303 Å². The van der Waals surface area contributed by atoms with Gasteiger partial charge in [0.05, 0.1) is 28.4 Å². The zero-order chi connectivity index (χ0) is 94.3. The topological polar surface area (TPSA) is 41.1 Å². The monoisotopic (exact) mass is 1890 g/mol. The van der Waals surface area contributed by atoms with Crippen molar-refractivity contribution in [3.05, 3.63) is 408 Å². The van der Waals surface area contributed by atoms with Crippen LogP contribution in [0.4, 0.5) is 198 Å².